The van der Waals surface area contributed by atoms with Crippen LogP contribution in [0.25, 0.3) is 0 Å². The maximum atomic E-state index is 13.1. The molecule has 8 nitrogen and oxygen atoms in total. The number of ketones is 1. The molecule has 0 unspecified atom stereocenters. The van der Waals surface area contributed by atoms with Gasteiger partial charge in [-0.25, -0.2) is 0 Å². The minimum Gasteiger partial charge on any atom is -0.346 e. The quantitative estimate of drug-likeness (QED) is 0.145. The van der Waals surface area contributed by atoms with Gasteiger partial charge in [0.15, 0.2) is 5.78 Å². The molecule has 1 aliphatic rings. The van der Waals surface area contributed by atoms with Gasteiger partial charge in [0.25, 0.3) is 0 Å². The van der Waals surface area contributed by atoms with Gasteiger partial charge in [0.05, 0.1) is 24.4 Å². The van der Waals surface area contributed by atoms with Crippen molar-refractivity contribution in [3.05, 3.63) is 72.4 Å². The van der Waals surface area contributed by atoms with E-state index in [1.807, 2.05) is 25.1 Å². The molecule has 1 aliphatic heterocycles. The van der Waals surface area contributed by atoms with E-state index in [0.29, 0.717) is 0 Å². The van der Waals surface area contributed by atoms with Crippen LogP contribution in [-0.2, 0) is 24.0 Å². The van der Waals surface area contributed by atoms with Crippen molar-refractivity contribution in [2.24, 2.45) is 17.8 Å². The Bertz CT molecular complexity index is 1030. The van der Waals surface area contributed by atoms with Crippen LogP contribution in [0.4, 0.5) is 0 Å². The molecule has 1 heterocycles. The van der Waals surface area contributed by atoms with Crippen molar-refractivity contribution >= 4 is 29.4 Å². The first-order chi connectivity index (χ1) is 16.6. The van der Waals surface area contributed by atoms with E-state index >= 15 is 0 Å². The Labute approximate surface area is 205 Å². The molecule has 0 aromatic heterocycles. The summed E-state index contributed by atoms with van der Waals surface area (Å²) in [6.07, 6.45) is 10.0. The van der Waals surface area contributed by atoms with Crippen LogP contribution in [0, 0.1) is 17.8 Å². The minimum absolute atomic E-state index is 0.111. The summed E-state index contributed by atoms with van der Waals surface area (Å²) in [7, 11) is 0. The smallest absolute Gasteiger partial charge is 0.244 e. The van der Waals surface area contributed by atoms with Gasteiger partial charge in [-0.05, 0) is 18.4 Å². The number of carbonyl (C=O) groups is 5. The maximum absolute atomic E-state index is 13.1. The van der Waals surface area contributed by atoms with E-state index in [1.54, 1.807) is 56.3 Å². The van der Waals surface area contributed by atoms with E-state index in [2.05, 4.69) is 16.0 Å². The van der Waals surface area contributed by atoms with E-state index in [4.69, 9.17) is 0 Å². The summed E-state index contributed by atoms with van der Waals surface area (Å²) < 4.78 is 0. The average Bonchev–Trinajstić information content (AvgIpc) is 3.07. The molecule has 35 heavy (non-hydrogen) atoms. The van der Waals surface area contributed by atoms with Crippen molar-refractivity contribution in [2.45, 2.75) is 46.2 Å². The second kappa shape index (κ2) is 13.2. The number of hydrogen-bond donors (Lipinski definition) is 3. The molecule has 4 atom stereocenters. The summed E-state index contributed by atoms with van der Waals surface area (Å²) in [5, 5.41) is 7.72. The number of nitrogens with one attached hydrogen (secondary N) is 3. The van der Waals surface area contributed by atoms with Crippen LogP contribution in [0.15, 0.2) is 66.8 Å². The van der Waals surface area contributed by atoms with Crippen molar-refractivity contribution in [2.75, 3.05) is 0 Å². The fraction of sp³-hybridized carbons (Fsp3) is 0.370. The summed E-state index contributed by atoms with van der Waals surface area (Å²) in [5.41, 5.74) is 0.732. The van der Waals surface area contributed by atoms with Gasteiger partial charge in [-0.3, -0.25) is 29.3 Å². The summed E-state index contributed by atoms with van der Waals surface area (Å²) in [4.78, 5) is 62.5. The number of amides is 4. The van der Waals surface area contributed by atoms with E-state index < -0.39 is 47.4 Å². The van der Waals surface area contributed by atoms with Crippen molar-refractivity contribution in [1.29, 1.82) is 0 Å². The summed E-state index contributed by atoms with van der Waals surface area (Å²) in [6, 6.07) is 7.46. The van der Waals surface area contributed by atoms with Gasteiger partial charge in [0.2, 0.25) is 23.6 Å². The topological polar surface area (TPSA) is 121 Å². The Morgan fingerprint density at radius 2 is 1.63 bits per heavy atom. The lowest BCUT2D eigenvalue weighted by molar-refractivity contribution is -0.137. The molecule has 0 spiro atoms. The van der Waals surface area contributed by atoms with E-state index in [-0.39, 0.29) is 18.2 Å². The van der Waals surface area contributed by atoms with E-state index in [1.165, 1.54) is 13.0 Å². The maximum Gasteiger partial charge on any atom is 0.244 e. The fourth-order valence-corrected chi connectivity index (χ4v) is 3.78. The Balaban J connectivity index is 2.14. The summed E-state index contributed by atoms with van der Waals surface area (Å²) >= 11 is 0. The minimum atomic E-state index is -1.14. The van der Waals surface area contributed by atoms with Crippen molar-refractivity contribution in [1.82, 2.24) is 16.0 Å². The van der Waals surface area contributed by atoms with Gasteiger partial charge in [-0.1, -0.05) is 81.5 Å². The van der Waals surface area contributed by atoms with Crippen LogP contribution in [0.1, 0.15) is 45.7 Å². The Morgan fingerprint density at radius 3 is 2.20 bits per heavy atom. The number of benzene rings is 1. The molecule has 0 bridgehead atoms. The van der Waals surface area contributed by atoms with Gasteiger partial charge < -0.3 is 10.6 Å². The Kier molecular flexibility index (Phi) is 10.3. The van der Waals surface area contributed by atoms with Crippen molar-refractivity contribution < 1.29 is 24.0 Å². The molecule has 1 saturated heterocycles. The number of Topliss-reactive ketones (excluding diaryl/α,β-unsaturated/α-hetero) is 1. The lowest BCUT2D eigenvalue weighted by Gasteiger charge is -2.25. The highest BCUT2D eigenvalue weighted by molar-refractivity contribution is 6.16. The molecular formula is C27H33N3O5. The van der Waals surface area contributed by atoms with Crippen LogP contribution >= 0.6 is 0 Å². The first-order valence-corrected chi connectivity index (χ1v) is 11.6. The second-order valence-corrected chi connectivity index (χ2v) is 8.76. The third kappa shape index (κ3) is 7.88. The normalized spacial score (nSPS) is 19.9. The second-order valence-electron chi connectivity index (χ2n) is 8.76. The Morgan fingerprint density at radius 1 is 0.971 bits per heavy atom. The molecule has 8 heteroatoms. The standard InChI is InChI=1S/C27H33N3O5/c1-5-6-7-8-12-15-21(31)28-20(19-13-10-9-11-14-19)16-22(32)29-24(17(2)3)25(33)23-18(4)26(34)30-27(23)35/h5-15,17-18,20,23-24H,16H2,1-4H3,(H,28,31)(H,29,32)(H,30,34,35)/b6-5+,8-7+,15-12+/t18-,20-,23+,24-/m0/s1/i1+1,5+1,6+1,7+1,8+1,12+1,15+1,21+1,23+1,27+1. The first kappa shape index (κ1) is 27.4. The molecule has 186 valence electrons. The lowest BCUT2D eigenvalue weighted by Crippen LogP contribution is -2.49. The zero-order valence-electron chi connectivity index (χ0n) is 20.5. The van der Waals surface area contributed by atoms with E-state index in [0.717, 1.165) is 5.56 Å². The fourth-order valence-electron chi connectivity index (χ4n) is 3.78. The van der Waals surface area contributed by atoms with Crippen LogP contribution in [0.3, 0.4) is 0 Å². The number of allylic oxidation sites excluding steroid dienone is 5. The molecule has 0 radical (unpaired) electrons. The molecule has 2 rings (SSSR count). The first-order valence-electron chi connectivity index (χ1n) is 11.6. The number of carbonyl (C=O) groups excluding carboxylic acids is 5. The SMILES string of the molecule is CC(C)[C@H](NC(=O)C[C@H](N[13C](=O)/[13CH]=[13CH]/[13CH]=[13CH]/[13CH]=[13CH]/[13CH3])c1ccccc1)C(=O)[13C@H]1[C@H](C)C(=O)N[13C]1=O. The molecule has 0 saturated carbocycles. The summed E-state index contributed by atoms with van der Waals surface area (Å²) in [5.74, 6) is -4.71. The zero-order chi connectivity index (χ0) is 26.0. The highest BCUT2D eigenvalue weighted by Gasteiger charge is 2.46. The van der Waals surface area contributed by atoms with Gasteiger partial charge >= 0.3 is 0 Å². The van der Waals surface area contributed by atoms with Crippen LogP contribution in [0.5, 0.6) is 0 Å². The van der Waals surface area contributed by atoms with Crippen molar-refractivity contribution in [3.8, 4) is 0 Å². The number of hydrogen-bond acceptors (Lipinski definition) is 5. The van der Waals surface area contributed by atoms with Crippen LogP contribution < -0.4 is 16.0 Å². The Hall–Kier alpha value is -3.81. The third-order valence-corrected chi connectivity index (χ3v) is 5.72. The lowest BCUT2D eigenvalue weighted by atomic mass is 9.98. The monoisotopic (exact) mass is 489 g/mol. The van der Waals surface area contributed by atoms with Gasteiger partial charge in [0.1, 0.15) is 5.92 Å². The zero-order valence-corrected chi connectivity index (χ0v) is 20.5. The molecule has 0 aliphatic carbocycles. The number of rotatable bonds is 11. The van der Waals surface area contributed by atoms with Crippen LogP contribution in [0.2, 0.25) is 0 Å². The average molecular weight is 490 g/mol. The molecule has 1 aromatic rings. The molecule has 1 fully saturated rings. The molecule has 1 aromatic carbocycles. The predicted molar refractivity (Wildman–Crippen MR) is 133 cm³/mol. The van der Waals surface area contributed by atoms with Gasteiger partial charge in [0, 0.05) is 6.08 Å². The van der Waals surface area contributed by atoms with Crippen LogP contribution in [-0.4, -0.2) is 35.5 Å². The molecule has 3 N–H and O–H groups in total. The third-order valence-electron chi connectivity index (χ3n) is 5.72. The summed E-state index contributed by atoms with van der Waals surface area (Å²) in [6.45, 7) is 6.91. The largest absolute Gasteiger partial charge is 0.346 e. The van der Waals surface area contributed by atoms with E-state index in [9.17, 15) is 24.0 Å². The van der Waals surface area contributed by atoms with Crippen molar-refractivity contribution in [3.63, 3.8) is 0 Å². The van der Waals surface area contributed by atoms with Gasteiger partial charge in [-0.2, -0.15) is 0 Å². The highest BCUT2D eigenvalue weighted by atomic mass is 16.2. The highest BCUT2D eigenvalue weighted by Crippen LogP contribution is 2.24. The predicted octanol–water partition coefficient (Wildman–Crippen LogP) is 2.54. The number of imide groups is 1. The molecular weight excluding hydrogens is 456 g/mol. The molecule has 4 amide bonds. The van der Waals surface area contributed by atoms with Gasteiger partial charge in [-0.15, -0.1) is 0 Å².